The zero-order valence-electron chi connectivity index (χ0n) is 11.4. The number of nitrogens with one attached hydrogen (secondary N) is 1. The van der Waals surface area contributed by atoms with Gasteiger partial charge in [-0.05, 0) is 27.7 Å². The van der Waals surface area contributed by atoms with E-state index < -0.39 is 5.54 Å². The second kappa shape index (κ2) is 5.67. The number of aromatic nitrogens is 1. The number of carbonyl (C=O) groups is 1. The topological polar surface area (TPSA) is 77.1 Å². The molecule has 0 unspecified atom stereocenters. The Kier molecular flexibility index (Phi) is 4.70. The minimum atomic E-state index is -0.401. The summed E-state index contributed by atoms with van der Waals surface area (Å²) >= 11 is 1.22. The molecule has 0 bridgehead atoms. The lowest BCUT2D eigenvalue weighted by Crippen LogP contribution is -2.49. The number of nitrogens with two attached hydrogens (primary N) is 1. The van der Waals surface area contributed by atoms with Crippen molar-refractivity contribution in [1.29, 1.82) is 0 Å². The molecule has 0 fully saturated rings. The maximum atomic E-state index is 11.7. The molecule has 1 rings (SSSR count). The SMILES string of the molecule is Cc1sc(=O)n(CCC(=O)NC(C)(C)CN)c1C. The summed E-state index contributed by atoms with van der Waals surface area (Å²) in [7, 11) is 0. The van der Waals surface area contributed by atoms with Gasteiger partial charge in [-0.15, -0.1) is 0 Å². The highest BCUT2D eigenvalue weighted by molar-refractivity contribution is 7.09. The first-order chi connectivity index (χ1) is 8.26. The van der Waals surface area contributed by atoms with E-state index >= 15 is 0 Å². The Labute approximate surface area is 111 Å². The molecule has 0 aliphatic heterocycles. The molecule has 0 aromatic carbocycles. The maximum Gasteiger partial charge on any atom is 0.307 e. The van der Waals surface area contributed by atoms with Crippen LogP contribution in [0.4, 0.5) is 0 Å². The standard InChI is InChI=1S/C12H21N3O2S/c1-8-9(2)18-11(17)15(8)6-5-10(16)14-12(3,4)7-13/h5-7,13H2,1-4H3,(H,14,16). The maximum absolute atomic E-state index is 11.7. The van der Waals surface area contributed by atoms with Gasteiger partial charge in [-0.25, -0.2) is 0 Å². The Morgan fingerprint density at radius 1 is 1.44 bits per heavy atom. The molecule has 1 aromatic rings. The van der Waals surface area contributed by atoms with Crippen molar-refractivity contribution in [1.82, 2.24) is 9.88 Å². The van der Waals surface area contributed by atoms with E-state index in [1.54, 1.807) is 4.57 Å². The fourth-order valence-electron chi connectivity index (χ4n) is 1.55. The fraction of sp³-hybridized carbons (Fsp3) is 0.667. The van der Waals surface area contributed by atoms with E-state index in [9.17, 15) is 9.59 Å². The third-order valence-electron chi connectivity index (χ3n) is 2.93. The average Bonchev–Trinajstić information content (AvgIpc) is 2.50. The highest BCUT2D eigenvalue weighted by atomic mass is 32.1. The smallest absolute Gasteiger partial charge is 0.307 e. The van der Waals surface area contributed by atoms with Gasteiger partial charge < -0.3 is 15.6 Å². The van der Waals surface area contributed by atoms with Crippen LogP contribution >= 0.6 is 11.3 Å². The van der Waals surface area contributed by atoms with Crippen molar-refractivity contribution in [3.8, 4) is 0 Å². The van der Waals surface area contributed by atoms with E-state index in [0.717, 1.165) is 10.6 Å². The predicted octanol–water partition coefficient (Wildman–Crippen LogP) is 0.770. The molecule has 3 N–H and O–H groups in total. The van der Waals surface area contributed by atoms with E-state index in [1.165, 1.54) is 11.3 Å². The minimum absolute atomic E-state index is 0.00381. The second-order valence-corrected chi connectivity index (χ2v) is 6.21. The van der Waals surface area contributed by atoms with Crippen LogP contribution in [0, 0.1) is 13.8 Å². The average molecular weight is 271 g/mol. The lowest BCUT2D eigenvalue weighted by Gasteiger charge is -2.24. The monoisotopic (exact) mass is 271 g/mol. The van der Waals surface area contributed by atoms with Gasteiger partial charge >= 0.3 is 4.87 Å². The number of rotatable bonds is 5. The van der Waals surface area contributed by atoms with Crippen molar-refractivity contribution in [2.75, 3.05) is 6.54 Å². The minimum Gasteiger partial charge on any atom is -0.350 e. The lowest BCUT2D eigenvalue weighted by atomic mass is 10.1. The van der Waals surface area contributed by atoms with Gasteiger partial charge in [-0.2, -0.15) is 0 Å². The molecular weight excluding hydrogens is 250 g/mol. The zero-order valence-corrected chi connectivity index (χ0v) is 12.2. The van der Waals surface area contributed by atoms with Crippen molar-refractivity contribution in [3.05, 3.63) is 20.2 Å². The number of hydrogen-bond acceptors (Lipinski definition) is 4. The molecule has 6 heteroatoms. The molecule has 0 aliphatic carbocycles. The quantitative estimate of drug-likeness (QED) is 0.830. The molecule has 1 heterocycles. The Morgan fingerprint density at radius 3 is 2.50 bits per heavy atom. The highest BCUT2D eigenvalue weighted by Gasteiger charge is 2.18. The van der Waals surface area contributed by atoms with Crippen LogP contribution in [0.3, 0.4) is 0 Å². The molecule has 1 amide bonds. The summed E-state index contributed by atoms with van der Waals surface area (Å²) < 4.78 is 1.65. The number of carbonyl (C=O) groups excluding carboxylic acids is 1. The zero-order chi connectivity index (χ0) is 13.9. The van der Waals surface area contributed by atoms with Crippen molar-refractivity contribution in [2.45, 2.75) is 46.2 Å². The molecule has 0 saturated carbocycles. The Hall–Kier alpha value is -1.14. The van der Waals surface area contributed by atoms with Gasteiger partial charge in [0, 0.05) is 35.6 Å². The van der Waals surface area contributed by atoms with Gasteiger partial charge in [0.2, 0.25) is 5.91 Å². The number of amides is 1. The first-order valence-electron chi connectivity index (χ1n) is 5.95. The number of thiazole rings is 1. The summed E-state index contributed by atoms with van der Waals surface area (Å²) in [6, 6.07) is 0. The molecule has 0 atom stereocenters. The molecular formula is C12H21N3O2S. The summed E-state index contributed by atoms with van der Waals surface area (Å²) in [6.45, 7) is 8.36. The first kappa shape index (κ1) is 14.9. The summed E-state index contributed by atoms with van der Waals surface area (Å²) in [4.78, 5) is 24.4. The third-order valence-corrected chi connectivity index (χ3v) is 3.92. The molecule has 0 aliphatic rings. The molecule has 5 nitrogen and oxygen atoms in total. The number of aryl methyl sites for hydroxylation is 1. The van der Waals surface area contributed by atoms with Crippen LogP contribution in [0.15, 0.2) is 4.79 Å². The van der Waals surface area contributed by atoms with Crippen LogP contribution in [0.25, 0.3) is 0 Å². The normalized spacial score (nSPS) is 11.6. The van der Waals surface area contributed by atoms with Gasteiger partial charge in [0.1, 0.15) is 0 Å². The predicted molar refractivity (Wildman–Crippen MR) is 73.9 cm³/mol. The van der Waals surface area contributed by atoms with E-state index in [2.05, 4.69) is 5.32 Å². The van der Waals surface area contributed by atoms with Crippen molar-refractivity contribution in [2.24, 2.45) is 5.73 Å². The summed E-state index contributed by atoms with van der Waals surface area (Å²) in [5, 5.41) is 2.85. The van der Waals surface area contributed by atoms with E-state index in [4.69, 9.17) is 5.73 Å². The largest absolute Gasteiger partial charge is 0.350 e. The van der Waals surface area contributed by atoms with Crippen LogP contribution in [0.5, 0.6) is 0 Å². The highest BCUT2D eigenvalue weighted by Crippen LogP contribution is 2.10. The van der Waals surface area contributed by atoms with E-state index in [0.29, 0.717) is 19.5 Å². The summed E-state index contributed by atoms with van der Waals surface area (Å²) in [5.41, 5.74) is 6.08. The van der Waals surface area contributed by atoms with Gasteiger partial charge in [0.05, 0.1) is 0 Å². The molecule has 0 spiro atoms. The van der Waals surface area contributed by atoms with Crippen LogP contribution in [0.1, 0.15) is 30.8 Å². The van der Waals surface area contributed by atoms with Crippen LogP contribution < -0.4 is 15.9 Å². The van der Waals surface area contributed by atoms with Crippen LogP contribution in [-0.2, 0) is 11.3 Å². The van der Waals surface area contributed by atoms with E-state index in [1.807, 2.05) is 27.7 Å². The molecule has 18 heavy (non-hydrogen) atoms. The second-order valence-electron chi connectivity index (χ2n) is 5.05. The molecule has 0 saturated heterocycles. The Balaban J connectivity index is 2.61. The molecule has 102 valence electrons. The van der Waals surface area contributed by atoms with Gasteiger partial charge in [-0.3, -0.25) is 9.59 Å². The summed E-state index contributed by atoms with van der Waals surface area (Å²) in [5.74, 6) is -0.0828. The number of hydrogen-bond donors (Lipinski definition) is 2. The van der Waals surface area contributed by atoms with E-state index in [-0.39, 0.29) is 10.8 Å². The number of nitrogens with zero attached hydrogens (tertiary/aromatic N) is 1. The Bertz CT molecular complexity index is 488. The molecule has 1 aromatic heterocycles. The fourth-order valence-corrected chi connectivity index (χ4v) is 2.41. The van der Waals surface area contributed by atoms with Gasteiger partial charge in [0.15, 0.2) is 0 Å². The van der Waals surface area contributed by atoms with Crippen molar-refractivity contribution in [3.63, 3.8) is 0 Å². The van der Waals surface area contributed by atoms with Gasteiger partial charge in [0.25, 0.3) is 0 Å². The van der Waals surface area contributed by atoms with Crippen molar-refractivity contribution >= 4 is 17.2 Å². The van der Waals surface area contributed by atoms with Crippen molar-refractivity contribution < 1.29 is 4.79 Å². The van der Waals surface area contributed by atoms with Crippen LogP contribution in [-0.4, -0.2) is 22.6 Å². The van der Waals surface area contributed by atoms with Crippen LogP contribution in [0.2, 0.25) is 0 Å². The Morgan fingerprint density at radius 2 is 2.06 bits per heavy atom. The first-order valence-corrected chi connectivity index (χ1v) is 6.76. The molecule has 0 radical (unpaired) electrons. The summed E-state index contributed by atoms with van der Waals surface area (Å²) in [6.07, 6.45) is 0.292. The lowest BCUT2D eigenvalue weighted by molar-refractivity contribution is -0.122. The van der Waals surface area contributed by atoms with Gasteiger partial charge in [-0.1, -0.05) is 11.3 Å². The third kappa shape index (κ3) is 3.68.